The predicted octanol–water partition coefficient (Wildman–Crippen LogP) is 3.81. The van der Waals surface area contributed by atoms with E-state index in [1.807, 2.05) is 36.4 Å². The molecule has 2 aromatic carbocycles. The van der Waals surface area contributed by atoms with Crippen LogP contribution in [0, 0.1) is 0 Å². The Morgan fingerprint density at radius 1 is 0.789 bits per heavy atom. The van der Waals surface area contributed by atoms with Gasteiger partial charge in [-0.25, -0.2) is 4.79 Å². The Morgan fingerprint density at radius 2 is 1.47 bits per heavy atom. The van der Waals surface area contributed by atoms with Gasteiger partial charge in [-0.2, -0.15) is 0 Å². The number of esters is 1. The molecule has 0 unspecified atom stereocenters. The van der Waals surface area contributed by atoms with Crippen LogP contribution < -0.4 is 0 Å². The number of hydrogen-bond acceptors (Lipinski definition) is 2. The predicted molar refractivity (Wildman–Crippen MR) is 75.1 cm³/mol. The first-order chi connectivity index (χ1) is 9.31. The van der Waals surface area contributed by atoms with Crippen LogP contribution in [0.15, 0.2) is 72.5 Å². The maximum absolute atomic E-state index is 10.9. The summed E-state index contributed by atoms with van der Waals surface area (Å²) < 4.78 is 4.99. The zero-order valence-electron chi connectivity index (χ0n) is 10.2. The third-order valence-corrected chi connectivity index (χ3v) is 2.93. The van der Waals surface area contributed by atoms with Crippen LogP contribution in [0.3, 0.4) is 0 Å². The average molecular weight is 248 g/mol. The minimum absolute atomic E-state index is 0.313. The molecule has 0 amide bonds. The van der Waals surface area contributed by atoms with E-state index in [4.69, 9.17) is 4.74 Å². The molecular weight excluding hydrogens is 236 g/mol. The van der Waals surface area contributed by atoms with Gasteiger partial charge in [0.05, 0.1) is 0 Å². The normalized spacial score (nSPS) is 15.8. The van der Waals surface area contributed by atoms with Gasteiger partial charge in [0.2, 0.25) is 0 Å². The maximum Gasteiger partial charge on any atom is 0.336 e. The Kier molecular flexibility index (Phi) is 2.99. The Bertz CT molecular complexity index is 649. The molecule has 19 heavy (non-hydrogen) atoms. The standard InChI is InChI=1S/C17H12O2/c18-17-11-10-16(19-17)12-13-6-8-15(9-7-13)14-4-2-1-3-5-14/h1-12H/b16-12+. The number of hydrogen-bond donors (Lipinski definition) is 0. The highest BCUT2D eigenvalue weighted by Gasteiger charge is 2.08. The molecule has 2 aromatic rings. The monoisotopic (exact) mass is 248 g/mol. The Balaban J connectivity index is 1.84. The van der Waals surface area contributed by atoms with Crippen LogP contribution in [0.5, 0.6) is 0 Å². The molecule has 3 rings (SSSR count). The van der Waals surface area contributed by atoms with Crippen LogP contribution in [0.1, 0.15) is 5.56 Å². The summed E-state index contributed by atoms with van der Waals surface area (Å²) in [4.78, 5) is 10.9. The highest BCUT2D eigenvalue weighted by Crippen LogP contribution is 2.21. The second kappa shape index (κ2) is 4.94. The van der Waals surface area contributed by atoms with Gasteiger partial charge in [-0.05, 0) is 28.8 Å². The second-order valence-electron chi connectivity index (χ2n) is 4.29. The van der Waals surface area contributed by atoms with Gasteiger partial charge in [-0.3, -0.25) is 0 Å². The van der Waals surface area contributed by atoms with Crippen molar-refractivity contribution in [2.45, 2.75) is 0 Å². The van der Waals surface area contributed by atoms with Gasteiger partial charge in [-0.1, -0.05) is 54.6 Å². The molecule has 0 atom stereocenters. The van der Waals surface area contributed by atoms with Crippen molar-refractivity contribution in [2.24, 2.45) is 0 Å². The Morgan fingerprint density at radius 3 is 2.11 bits per heavy atom. The molecule has 1 aliphatic rings. The molecule has 0 radical (unpaired) electrons. The number of cyclic esters (lactones) is 1. The average Bonchev–Trinajstić information content (AvgIpc) is 2.86. The number of rotatable bonds is 2. The number of carbonyl (C=O) groups excluding carboxylic acids is 1. The highest BCUT2D eigenvalue weighted by molar-refractivity contribution is 5.87. The van der Waals surface area contributed by atoms with Crippen molar-refractivity contribution in [1.82, 2.24) is 0 Å². The van der Waals surface area contributed by atoms with Crippen LogP contribution in [0.25, 0.3) is 17.2 Å². The van der Waals surface area contributed by atoms with E-state index in [9.17, 15) is 4.79 Å². The second-order valence-corrected chi connectivity index (χ2v) is 4.29. The first-order valence-corrected chi connectivity index (χ1v) is 6.08. The van der Waals surface area contributed by atoms with E-state index in [2.05, 4.69) is 24.3 Å². The zero-order chi connectivity index (χ0) is 13.1. The van der Waals surface area contributed by atoms with Gasteiger partial charge >= 0.3 is 5.97 Å². The largest absolute Gasteiger partial charge is 0.423 e. The Labute approximate surface area is 111 Å². The summed E-state index contributed by atoms with van der Waals surface area (Å²) >= 11 is 0. The van der Waals surface area contributed by atoms with Crippen molar-refractivity contribution < 1.29 is 9.53 Å². The van der Waals surface area contributed by atoms with Gasteiger partial charge in [0.25, 0.3) is 0 Å². The first kappa shape index (κ1) is 11.5. The van der Waals surface area contributed by atoms with Crippen LogP contribution in [-0.4, -0.2) is 5.97 Å². The molecule has 0 aromatic heterocycles. The summed E-state index contributed by atoms with van der Waals surface area (Å²) in [5, 5.41) is 0. The quantitative estimate of drug-likeness (QED) is 0.755. The van der Waals surface area contributed by atoms with Crippen molar-refractivity contribution >= 4 is 12.0 Å². The minimum atomic E-state index is -0.313. The highest BCUT2D eigenvalue weighted by atomic mass is 16.5. The van der Waals surface area contributed by atoms with E-state index in [0.29, 0.717) is 5.76 Å². The fourth-order valence-corrected chi connectivity index (χ4v) is 1.98. The third kappa shape index (κ3) is 2.63. The summed E-state index contributed by atoms with van der Waals surface area (Å²) in [6.07, 6.45) is 4.94. The third-order valence-electron chi connectivity index (χ3n) is 2.93. The van der Waals surface area contributed by atoms with Gasteiger partial charge in [0.1, 0.15) is 5.76 Å². The molecule has 0 saturated carbocycles. The minimum Gasteiger partial charge on any atom is -0.423 e. The SMILES string of the molecule is O=C1C=C/C(=C\c2ccc(-c3ccccc3)cc2)O1. The number of benzene rings is 2. The summed E-state index contributed by atoms with van der Waals surface area (Å²) in [7, 11) is 0. The molecule has 1 aliphatic heterocycles. The lowest BCUT2D eigenvalue weighted by Gasteiger charge is -2.02. The van der Waals surface area contributed by atoms with Gasteiger partial charge in [0, 0.05) is 6.08 Å². The van der Waals surface area contributed by atoms with Crippen molar-refractivity contribution in [3.8, 4) is 11.1 Å². The van der Waals surface area contributed by atoms with Crippen molar-refractivity contribution in [3.05, 3.63) is 78.1 Å². The van der Waals surface area contributed by atoms with Crippen molar-refractivity contribution in [3.63, 3.8) is 0 Å². The lowest BCUT2D eigenvalue weighted by atomic mass is 10.0. The van der Waals surface area contributed by atoms with Crippen LogP contribution in [0.2, 0.25) is 0 Å². The number of ether oxygens (including phenoxy) is 1. The van der Waals surface area contributed by atoms with Crippen molar-refractivity contribution in [2.75, 3.05) is 0 Å². The van der Waals surface area contributed by atoms with Crippen molar-refractivity contribution in [1.29, 1.82) is 0 Å². The van der Waals surface area contributed by atoms with E-state index in [-0.39, 0.29) is 5.97 Å². The van der Waals surface area contributed by atoms with E-state index in [1.165, 1.54) is 17.2 Å². The number of carbonyl (C=O) groups is 1. The molecular formula is C17H12O2. The number of allylic oxidation sites excluding steroid dienone is 1. The summed E-state index contributed by atoms with van der Waals surface area (Å²) in [6, 6.07) is 18.3. The smallest absolute Gasteiger partial charge is 0.336 e. The molecule has 0 bridgehead atoms. The van der Waals surface area contributed by atoms with E-state index >= 15 is 0 Å². The summed E-state index contributed by atoms with van der Waals surface area (Å²) in [6.45, 7) is 0. The first-order valence-electron chi connectivity index (χ1n) is 6.08. The molecule has 0 N–H and O–H groups in total. The fraction of sp³-hybridized carbons (Fsp3) is 0. The Hall–Kier alpha value is -2.61. The lowest BCUT2D eigenvalue weighted by Crippen LogP contribution is -1.89. The molecule has 2 heteroatoms. The molecule has 0 saturated heterocycles. The van der Waals surface area contributed by atoms with Crippen LogP contribution in [-0.2, 0) is 9.53 Å². The summed E-state index contributed by atoms with van der Waals surface area (Å²) in [5.74, 6) is 0.268. The van der Waals surface area contributed by atoms with Crippen LogP contribution in [0.4, 0.5) is 0 Å². The maximum atomic E-state index is 10.9. The van der Waals surface area contributed by atoms with Gasteiger partial charge < -0.3 is 4.74 Å². The molecule has 0 spiro atoms. The lowest BCUT2D eigenvalue weighted by molar-refractivity contribution is -0.132. The van der Waals surface area contributed by atoms with Gasteiger partial charge in [0.15, 0.2) is 0 Å². The van der Waals surface area contributed by atoms with E-state index < -0.39 is 0 Å². The summed E-state index contributed by atoms with van der Waals surface area (Å²) in [5.41, 5.74) is 3.37. The molecule has 2 nitrogen and oxygen atoms in total. The molecule has 92 valence electrons. The van der Waals surface area contributed by atoms with Crippen LogP contribution >= 0.6 is 0 Å². The fourth-order valence-electron chi connectivity index (χ4n) is 1.98. The molecule has 0 fully saturated rings. The topological polar surface area (TPSA) is 26.3 Å². The van der Waals surface area contributed by atoms with E-state index in [1.54, 1.807) is 6.08 Å². The molecule has 1 heterocycles. The molecule has 0 aliphatic carbocycles. The van der Waals surface area contributed by atoms with Gasteiger partial charge in [-0.15, -0.1) is 0 Å². The van der Waals surface area contributed by atoms with E-state index in [0.717, 1.165) is 5.56 Å². The zero-order valence-corrected chi connectivity index (χ0v) is 10.2.